The summed E-state index contributed by atoms with van der Waals surface area (Å²) < 4.78 is 2.28. The minimum Gasteiger partial charge on any atom is -0.287 e. The third-order valence-electron chi connectivity index (χ3n) is 5.74. The van der Waals surface area contributed by atoms with Crippen LogP contribution in [-0.2, 0) is 0 Å². The molecule has 2 heterocycles. The number of para-hydroxylation sites is 1. The Labute approximate surface area is 198 Å². The van der Waals surface area contributed by atoms with E-state index in [0.29, 0.717) is 6.42 Å². The number of hydrogen-bond donors (Lipinski definition) is 0. The lowest BCUT2D eigenvalue weighted by atomic mass is 10.0. The molecule has 162 valence electrons. The van der Waals surface area contributed by atoms with Crippen molar-refractivity contribution in [2.24, 2.45) is 10.2 Å². The van der Waals surface area contributed by atoms with Crippen molar-refractivity contribution in [1.82, 2.24) is 9.55 Å². The summed E-state index contributed by atoms with van der Waals surface area (Å²) in [7, 11) is 0. The molecule has 0 radical (unpaired) electrons. The largest absolute Gasteiger partial charge is 0.287 e. The van der Waals surface area contributed by atoms with Crippen LogP contribution >= 0.6 is 11.8 Å². The number of aromatic nitrogens is 2. The van der Waals surface area contributed by atoms with Crippen LogP contribution in [0.2, 0.25) is 0 Å². The molecule has 0 spiro atoms. The topological polar surface area (TPSA) is 42.5 Å². The summed E-state index contributed by atoms with van der Waals surface area (Å²) in [5.41, 5.74) is 5.13. The molecule has 4 nitrogen and oxygen atoms in total. The fraction of sp³-hybridized carbons (Fsp3) is 0.179. The highest BCUT2D eigenvalue weighted by molar-refractivity contribution is 7.99. The standard InChI is InChI=1S/C28H24N4S/c1-2-3-19-28(30-31-28)20-21-33-27-29-25(22-13-7-4-8-14-22)26(23-15-9-5-10-16-23)32(27)24-17-11-6-12-18-24/h1,4-18H,3,19-21H2. The van der Waals surface area contributed by atoms with Crippen molar-refractivity contribution in [2.45, 2.75) is 30.1 Å². The van der Waals surface area contributed by atoms with E-state index in [0.717, 1.165) is 52.0 Å². The second-order valence-corrected chi connectivity index (χ2v) is 9.04. The van der Waals surface area contributed by atoms with E-state index in [1.165, 1.54) is 0 Å². The minimum absolute atomic E-state index is 0.284. The first-order chi connectivity index (χ1) is 16.3. The lowest BCUT2D eigenvalue weighted by Crippen LogP contribution is -2.11. The predicted molar refractivity (Wildman–Crippen MR) is 135 cm³/mol. The van der Waals surface area contributed by atoms with Crippen molar-refractivity contribution >= 4 is 11.8 Å². The van der Waals surface area contributed by atoms with Crippen LogP contribution in [0.15, 0.2) is 106 Å². The Morgan fingerprint density at radius 1 is 0.788 bits per heavy atom. The molecule has 0 saturated heterocycles. The van der Waals surface area contributed by atoms with Crippen LogP contribution in [-0.4, -0.2) is 21.0 Å². The molecule has 33 heavy (non-hydrogen) atoms. The molecule has 0 aliphatic carbocycles. The van der Waals surface area contributed by atoms with Crippen LogP contribution in [0, 0.1) is 12.3 Å². The van der Waals surface area contributed by atoms with Crippen LogP contribution in [0.5, 0.6) is 0 Å². The number of thioether (sulfide) groups is 1. The van der Waals surface area contributed by atoms with Crippen molar-refractivity contribution in [3.63, 3.8) is 0 Å². The number of hydrogen-bond acceptors (Lipinski definition) is 4. The maximum atomic E-state index is 5.45. The Kier molecular flexibility index (Phi) is 6.10. The first kappa shape index (κ1) is 21.2. The zero-order chi connectivity index (χ0) is 22.5. The zero-order valence-corrected chi connectivity index (χ0v) is 19.1. The molecule has 0 unspecified atom stereocenters. The number of terminal acetylenes is 1. The van der Waals surface area contributed by atoms with E-state index < -0.39 is 0 Å². The van der Waals surface area contributed by atoms with Gasteiger partial charge in [0, 0.05) is 41.8 Å². The molecule has 5 heteroatoms. The Balaban J connectivity index is 1.57. The zero-order valence-electron chi connectivity index (χ0n) is 18.3. The Bertz CT molecular complexity index is 1280. The van der Waals surface area contributed by atoms with Gasteiger partial charge in [-0.25, -0.2) is 4.98 Å². The van der Waals surface area contributed by atoms with Gasteiger partial charge >= 0.3 is 0 Å². The monoisotopic (exact) mass is 448 g/mol. The van der Waals surface area contributed by atoms with Crippen LogP contribution in [0.1, 0.15) is 19.3 Å². The second kappa shape index (κ2) is 9.48. The molecule has 0 bridgehead atoms. The molecule has 3 aromatic carbocycles. The van der Waals surface area contributed by atoms with Crippen molar-refractivity contribution in [1.29, 1.82) is 0 Å². The van der Waals surface area contributed by atoms with Crippen molar-refractivity contribution in [3.05, 3.63) is 91.0 Å². The molecule has 0 amide bonds. The highest BCUT2D eigenvalue weighted by Gasteiger charge is 2.38. The maximum Gasteiger partial charge on any atom is 0.192 e. The van der Waals surface area contributed by atoms with Gasteiger partial charge in [-0.2, -0.15) is 10.2 Å². The molecule has 1 aliphatic rings. The van der Waals surface area contributed by atoms with Gasteiger partial charge < -0.3 is 0 Å². The quantitative estimate of drug-likeness (QED) is 0.200. The van der Waals surface area contributed by atoms with E-state index in [1.54, 1.807) is 11.8 Å². The highest BCUT2D eigenvalue weighted by atomic mass is 32.2. The van der Waals surface area contributed by atoms with E-state index in [2.05, 4.69) is 93.5 Å². The maximum absolute atomic E-state index is 5.45. The van der Waals surface area contributed by atoms with Gasteiger partial charge in [0.1, 0.15) is 0 Å². The summed E-state index contributed by atoms with van der Waals surface area (Å²) in [6.07, 6.45) is 7.83. The first-order valence-corrected chi connectivity index (χ1v) is 12.1. The molecule has 0 N–H and O–H groups in total. The molecule has 0 fully saturated rings. The summed E-state index contributed by atoms with van der Waals surface area (Å²) >= 11 is 1.75. The van der Waals surface area contributed by atoms with E-state index in [9.17, 15) is 0 Å². The third kappa shape index (κ3) is 4.62. The van der Waals surface area contributed by atoms with Crippen molar-refractivity contribution in [3.8, 4) is 40.5 Å². The van der Waals surface area contributed by atoms with Gasteiger partial charge in [0.05, 0.1) is 11.4 Å². The lowest BCUT2D eigenvalue weighted by molar-refractivity contribution is 0.544. The normalized spacial score (nSPS) is 13.5. The fourth-order valence-electron chi connectivity index (χ4n) is 3.95. The van der Waals surface area contributed by atoms with Crippen molar-refractivity contribution in [2.75, 3.05) is 5.75 Å². The number of benzene rings is 3. The Morgan fingerprint density at radius 2 is 1.39 bits per heavy atom. The smallest absolute Gasteiger partial charge is 0.192 e. The van der Waals surface area contributed by atoms with E-state index in [4.69, 9.17) is 11.4 Å². The number of imidazole rings is 1. The summed E-state index contributed by atoms with van der Waals surface area (Å²) in [6.45, 7) is 0. The molecule has 4 aromatic rings. The van der Waals surface area contributed by atoms with Crippen LogP contribution in [0.25, 0.3) is 28.2 Å². The van der Waals surface area contributed by atoms with Gasteiger partial charge in [-0.05, 0) is 12.1 Å². The van der Waals surface area contributed by atoms with Gasteiger partial charge in [-0.15, -0.1) is 12.3 Å². The molecule has 0 atom stereocenters. The predicted octanol–water partition coefficient (Wildman–Crippen LogP) is 7.26. The Morgan fingerprint density at radius 3 is 2.00 bits per heavy atom. The van der Waals surface area contributed by atoms with Crippen LogP contribution in [0.4, 0.5) is 0 Å². The van der Waals surface area contributed by atoms with E-state index in [-0.39, 0.29) is 5.66 Å². The SMILES string of the molecule is C#CCCC1(CCSc2nc(-c3ccccc3)c(-c3ccccc3)n2-c2ccccc2)N=N1. The molecule has 0 saturated carbocycles. The Hall–Kier alpha value is -3.62. The molecule has 1 aromatic heterocycles. The van der Waals surface area contributed by atoms with Gasteiger partial charge in [-0.3, -0.25) is 4.57 Å². The molecule has 5 rings (SSSR count). The number of rotatable bonds is 9. The van der Waals surface area contributed by atoms with Gasteiger partial charge in [0.25, 0.3) is 0 Å². The molecule has 1 aliphatic heterocycles. The summed E-state index contributed by atoms with van der Waals surface area (Å²) in [5, 5.41) is 9.54. The lowest BCUT2D eigenvalue weighted by Gasteiger charge is -2.14. The highest BCUT2D eigenvalue weighted by Crippen LogP contribution is 2.41. The van der Waals surface area contributed by atoms with Crippen LogP contribution in [0.3, 0.4) is 0 Å². The minimum atomic E-state index is -0.284. The molecular weight excluding hydrogens is 424 g/mol. The van der Waals surface area contributed by atoms with Gasteiger partial charge in [-0.1, -0.05) is 90.6 Å². The summed E-state index contributed by atoms with van der Waals surface area (Å²) in [4.78, 5) is 5.17. The van der Waals surface area contributed by atoms with E-state index in [1.807, 2.05) is 18.2 Å². The second-order valence-electron chi connectivity index (χ2n) is 7.98. The summed E-state index contributed by atoms with van der Waals surface area (Å²) in [5.74, 6) is 3.57. The average Bonchev–Trinajstić information content (AvgIpc) is 3.55. The average molecular weight is 449 g/mol. The summed E-state index contributed by atoms with van der Waals surface area (Å²) in [6, 6.07) is 31.3. The van der Waals surface area contributed by atoms with E-state index >= 15 is 0 Å². The third-order valence-corrected chi connectivity index (χ3v) is 6.68. The fourth-order valence-corrected chi connectivity index (χ4v) is 5.04. The van der Waals surface area contributed by atoms with Crippen LogP contribution < -0.4 is 0 Å². The van der Waals surface area contributed by atoms with Gasteiger partial charge in [0.2, 0.25) is 0 Å². The van der Waals surface area contributed by atoms with Gasteiger partial charge in [0.15, 0.2) is 10.8 Å². The van der Waals surface area contributed by atoms with Crippen molar-refractivity contribution < 1.29 is 0 Å². The molecular formula is C28H24N4S. The number of nitrogens with zero attached hydrogens (tertiary/aromatic N) is 4. The first-order valence-electron chi connectivity index (χ1n) is 11.1.